The van der Waals surface area contributed by atoms with Gasteiger partial charge in [0.25, 0.3) is 5.56 Å². The van der Waals surface area contributed by atoms with Gasteiger partial charge in [0, 0.05) is 10.9 Å². The van der Waals surface area contributed by atoms with E-state index in [9.17, 15) is 9.59 Å². The van der Waals surface area contributed by atoms with Crippen LogP contribution in [0.4, 0.5) is 4.79 Å². The molecular weight excluding hydrogens is 364 g/mol. The van der Waals surface area contributed by atoms with E-state index in [-0.39, 0.29) is 12.2 Å². The van der Waals surface area contributed by atoms with Crippen LogP contribution in [0.15, 0.2) is 35.1 Å². The second kappa shape index (κ2) is 6.97. The summed E-state index contributed by atoms with van der Waals surface area (Å²) in [6, 6.07) is 8.84. The van der Waals surface area contributed by atoms with Gasteiger partial charge in [-0.2, -0.15) is 0 Å². The van der Waals surface area contributed by atoms with Crippen LogP contribution in [0.1, 0.15) is 30.0 Å². The second-order valence-corrected chi connectivity index (χ2v) is 6.67. The van der Waals surface area contributed by atoms with Crippen LogP contribution in [0.5, 0.6) is 5.75 Å². The van der Waals surface area contributed by atoms with E-state index < -0.39 is 6.16 Å². The molecule has 8 heteroatoms. The van der Waals surface area contributed by atoms with Gasteiger partial charge in [0.1, 0.15) is 6.61 Å². The molecule has 0 saturated heterocycles. The Morgan fingerprint density at radius 3 is 2.82 bits per heavy atom. The third-order valence-corrected chi connectivity index (χ3v) is 4.89. The Labute approximate surface area is 159 Å². The minimum atomic E-state index is -1.41. The highest BCUT2D eigenvalue weighted by molar-refractivity contribution is 5.85. The third kappa shape index (κ3) is 2.97. The molecule has 3 aromatic rings. The molecule has 1 aromatic carbocycles. The van der Waals surface area contributed by atoms with Gasteiger partial charge >= 0.3 is 6.16 Å². The van der Waals surface area contributed by atoms with E-state index in [4.69, 9.17) is 15.3 Å². The Hall–Kier alpha value is -3.39. The number of fused-ring (bicyclic) bond motifs is 4. The van der Waals surface area contributed by atoms with E-state index in [2.05, 4.69) is 9.62 Å². The predicted octanol–water partition coefficient (Wildman–Crippen LogP) is 3.42. The number of hydrogen-bond acceptors (Lipinski definition) is 6. The number of aryl methyl sites for hydroxylation is 1. The summed E-state index contributed by atoms with van der Waals surface area (Å²) in [5, 5.41) is 18.4. The van der Waals surface area contributed by atoms with Crippen molar-refractivity contribution < 1.29 is 24.8 Å². The quantitative estimate of drug-likeness (QED) is 0.309. The summed E-state index contributed by atoms with van der Waals surface area (Å²) in [5.74, 6) is 0.306. The molecule has 0 amide bonds. The molecule has 8 nitrogen and oxygen atoms in total. The molecule has 1 aliphatic heterocycles. The van der Waals surface area contributed by atoms with Gasteiger partial charge in [0.2, 0.25) is 0 Å². The Balaban J connectivity index is 1.86. The fourth-order valence-electron chi connectivity index (χ4n) is 3.64. The van der Waals surface area contributed by atoms with Crippen molar-refractivity contribution in [1.82, 2.24) is 9.55 Å². The van der Waals surface area contributed by atoms with E-state index in [1.165, 1.54) is 0 Å². The number of nitrogens with zero attached hydrogens (tertiary/aromatic N) is 2. The van der Waals surface area contributed by atoms with Gasteiger partial charge in [-0.1, -0.05) is 13.3 Å². The zero-order valence-electron chi connectivity index (χ0n) is 15.1. The van der Waals surface area contributed by atoms with Crippen molar-refractivity contribution in [3.05, 3.63) is 57.4 Å². The minimum Gasteiger partial charge on any atom is -0.450 e. The number of benzene rings is 1. The number of pyridine rings is 2. The van der Waals surface area contributed by atoms with Gasteiger partial charge in [-0.15, -0.1) is 0 Å². The van der Waals surface area contributed by atoms with Crippen LogP contribution in [-0.2, 0) is 24.3 Å². The van der Waals surface area contributed by atoms with Gasteiger partial charge in [-0.25, -0.2) is 15.0 Å². The molecule has 0 unspecified atom stereocenters. The van der Waals surface area contributed by atoms with Crippen molar-refractivity contribution in [3.63, 3.8) is 0 Å². The SMILES string of the molecule is CCCc1cc2n(c(=O)c1COC(=O)O)Cc1cc3cc(OO)ccc3nc1-2. The molecule has 0 radical (unpaired) electrons. The maximum Gasteiger partial charge on any atom is 0.506 e. The Morgan fingerprint density at radius 2 is 2.11 bits per heavy atom. The Kier molecular flexibility index (Phi) is 4.48. The van der Waals surface area contributed by atoms with Crippen molar-refractivity contribution >= 4 is 17.1 Å². The van der Waals surface area contributed by atoms with Crippen LogP contribution in [-0.4, -0.2) is 26.1 Å². The Morgan fingerprint density at radius 1 is 1.29 bits per heavy atom. The van der Waals surface area contributed by atoms with Crippen LogP contribution in [0.3, 0.4) is 0 Å². The highest BCUT2D eigenvalue weighted by Crippen LogP contribution is 2.33. The second-order valence-electron chi connectivity index (χ2n) is 6.67. The van der Waals surface area contributed by atoms with Gasteiger partial charge in [0.15, 0.2) is 5.75 Å². The topological polar surface area (TPSA) is 111 Å². The molecule has 0 aliphatic carbocycles. The van der Waals surface area contributed by atoms with Crippen molar-refractivity contribution in [3.8, 4) is 17.1 Å². The normalized spacial score (nSPS) is 11.9. The number of hydrogen-bond donors (Lipinski definition) is 2. The highest BCUT2D eigenvalue weighted by Gasteiger charge is 2.25. The number of rotatable bonds is 5. The summed E-state index contributed by atoms with van der Waals surface area (Å²) in [5.41, 5.74) is 3.91. The molecule has 0 atom stereocenters. The summed E-state index contributed by atoms with van der Waals surface area (Å²) >= 11 is 0. The lowest BCUT2D eigenvalue weighted by Crippen LogP contribution is -2.26. The number of aromatic nitrogens is 2. The summed E-state index contributed by atoms with van der Waals surface area (Å²) in [7, 11) is 0. The van der Waals surface area contributed by atoms with Crippen LogP contribution in [0.2, 0.25) is 0 Å². The van der Waals surface area contributed by atoms with Crippen molar-refractivity contribution in [1.29, 1.82) is 0 Å². The molecular formula is C20H18N2O6. The molecule has 0 spiro atoms. The first-order valence-electron chi connectivity index (χ1n) is 8.88. The molecule has 0 saturated carbocycles. The minimum absolute atomic E-state index is 0.261. The lowest BCUT2D eigenvalue weighted by atomic mass is 10.0. The van der Waals surface area contributed by atoms with Crippen molar-refractivity contribution in [2.75, 3.05) is 0 Å². The molecule has 144 valence electrons. The van der Waals surface area contributed by atoms with Crippen LogP contribution < -0.4 is 10.4 Å². The van der Waals surface area contributed by atoms with Crippen LogP contribution in [0.25, 0.3) is 22.3 Å². The van der Waals surface area contributed by atoms with Gasteiger partial charge in [0.05, 0.1) is 29.0 Å². The predicted molar refractivity (Wildman–Crippen MR) is 101 cm³/mol. The van der Waals surface area contributed by atoms with E-state index in [1.54, 1.807) is 22.8 Å². The van der Waals surface area contributed by atoms with E-state index >= 15 is 0 Å². The first-order chi connectivity index (χ1) is 13.5. The first kappa shape index (κ1) is 18.0. The lowest BCUT2D eigenvalue weighted by molar-refractivity contribution is -0.137. The molecule has 1 aliphatic rings. The molecule has 3 heterocycles. The van der Waals surface area contributed by atoms with Crippen LogP contribution in [0, 0.1) is 0 Å². The lowest BCUT2D eigenvalue weighted by Gasteiger charge is -2.12. The highest BCUT2D eigenvalue weighted by atomic mass is 17.1. The maximum absolute atomic E-state index is 13.0. The summed E-state index contributed by atoms with van der Waals surface area (Å²) in [4.78, 5) is 32.8. The fraction of sp³-hybridized carbons (Fsp3) is 0.250. The molecule has 0 fully saturated rings. The van der Waals surface area contributed by atoms with E-state index in [0.717, 1.165) is 34.1 Å². The largest absolute Gasteiger partial charge is 0.506 e. The number of ether oxygens (including phenoxy) is 1. The van der Waals surface area contributed by atoms with E-state index in [1.807, 2.05) is 19.1 Å². The zero-order chi connectivity index (χ0) is 19.8. The molecule has 2 aromatic heterocycles. The average Bonchev–Trinajstić information content (AvgIpc) is 3.03. The van der Waals surface area contributed by atoms with Crippen molar-refractivity contribution in [2.45, 2.75) is 32.9 Å². The van der Waals surface area contributed by atoms with E-state index in [0.29, 0.717) is 30.0 Å². The van der Waals surface area contributed by atoms with Crippen LogP contribution >= 0.6 is 0 Å². The Bertz CT molecular complexity index is 1150. The molecule has 2 N–H and O–H groups in total. The molecule has 28 heavy (non-hydrogen) atoms. The monoisotopic (exact) mass is 382 g/mol. The maximum atomic E-state index is 13.0. The smallest absolute Gasteiger partial charge is 0.450 e. The van der Waals surface area contributed by atoms with Gasteiger partial charge < -0.3 is 19.3 Å². The summed E-state index contributed by atoms with van der Waals surface area (Å²) in [6.45, 7) is 2.06. The summed E-state index contributed by atoms with van der Waals surface area (Å²) < 4.78 is 6.27. The standard InChI is InChI=1S/C20H18N2O6/c1-2-3-11-8-17-18-13(6-12-7-14(28-26)4-5-16(12)21-18)9-22(17)19(23)15(11)10-27-20(24)25/h4-8,26H,2-3,9-10H2,1H3,(H,24,25). The fourth-order valence-corrected chi connectivity index (χ4v) is 3.64. The van der Waals surface area contributed by atoms with Gasteiger partial charge in [-0.05, 0) is 42.3 Å². The average molecular weight is 382 g/mol. The first-order valence-corrected chi connectivity index (χ1v) is 8.88. The zero-order valence-corrected chi connectivity index (χ0v) is 15.1. The molecule has 0 bridgehead atoms. The molecule has 4 rings (SSSR count). The van der Waals surface area contributed by atoms with Crippen molar-refractivity contribution in [2.24, 2.45) is 0 Å². The summed E-state index contributed by atoms with van der Waals surface area (Å²) in [6.07, 6.45) is 0.0392. The van der Waals surface area contributed by atoms with Gasteiger partial charge in [-0.3, -0.25) is 4.79 Å². The number of carboxylic acid groups (broad SMARTS) is 1. The third-order valence-electron chi connectivity index (χ3n) is 4.89. The number of carbonyl (C=O) groups is 1.